The molecule has 0 aliphatic carbocycles. The molecule has 0 fully saturated rings. The summed E-state index contributed by atoms with van der Waals surface area (Å²) in [6.45, 7) is 5.72. The van der Waals surface area contributed by atoms with Crippen molar-refractivity contribution in [2.75, 3.05) is 16.0 Å². The maximum absolute atomic E-state index is 12.6. The monoisotopic (exact) mass is 388 g/mol. The van der Waals surface area contributed by atoms with Crippen molar-refractivity contribution >= 4 is 34.6 Å². The summed E-state index contributed by atoms with van der Waals surface area (Å²) < 4.78 is 0. The average molecular weight is 388 g/mol. The Balaban J connectivity index is 1.70. The van der Waals surface area contributed by atoms with E-state index in [0.29, 0.717) is 17.3 Å². The number of amides is 2. The van der Waals surface area contributed by atoms with Crippen molar-refractivity contribution in [3.05, 3.63) is 78.1 Å². The van der Waals surface area contributed by atoms with Gasteiger partial charge in [0.2, 0.25) is 5.91 Å². The molecule has 3 N–H and O–H groups in total. The van der Waals surface area contributed by atoms with Crippen molar-refractivity contribution in [1.82, 2.24) is 4.98 Å². The SMILES string of the molecule is CC(=O)Nc1cccc(Nc2ccnc(C(=O)Nc3ccc(C(C)C)cc3)c2)c1. The first-order valence-corrected chi connectivity index (χ1v) is 9.43. The minimum atomic E-state index is -0.280. The summed E-state index contributed by atoms with van der Waals surface area (Å²) in [7, 11) is 0. The highest BCUT2D eigenvalue weighted by atomic mass is 16.2. The number of nitrogens with zero attached hydrogens (tertiary/aromatic N) is 1. The predicted octanol–water partition coefficient (Wildman–Crippen LogP) is 5.16. The topological polar surface area (TPSA) is 83.1 Å². The van der Waals surface area contributed by atoms with Crippen LogP contribution in [0.4, 0.5) is 22.7 Å². The summed E-state index contributed by atoms with van der Waals surface area (Å²) in [6, 6.07) is 18.6. The highest BCUT2D eigenvalue weighted by Crippen LogP contribution is 2.21. The first-order chi connectivity index (χ1) is 13.9. The van der Waals surface area contributed by atoms with Crippen LogP contribution in [0.3, 0.4) is 0 Å². The summed E-state index contributed by atoms with van der Waals surface area (Å²) >= 11 is 0. The number of carbonyl (C=O) groups excluding carboxylic acids is 2. The lowest BCUT2D eigenvalue weighted by Gasteiger charge is -2.11. The molecule has 0 unspecified atom stereocenters. The number of hydrogen-bond acceptors (Lipinski definition) is 4. The number of rotatable bonds is 6. The van der Waals surface area contributed by atoms with Crippen LogP contribution in [0.15, 0.2) is 66.9 Å². The molecule has 0 saturated heterocycles. The Morgan fingerprint density at radius 1 is 0.828 bits per heavy atom. The van der Waals surface area contributed by atoms with Gasteiger partial charge in [0.25, 0.3) is 5.91 Å². The van der Waals surface area contributed by atoms with Gasteiger partial charge in [-0.25, -0.2) is 0 Å². The number of hydrogen-bond donors (Lipinski definition) is 3. The standard InChI is InChI=1S/C23H24N4O2/c1-15(2)17-7-9-18(10-8-17)27-23(29)22-14-21(11-12-24-22)26-20-6-4-5-19(13-20)25-16(3)28/h4-15H,1-3H3,(H,24,26)(H,25,28)(H,27,29). The molecule has 3 aromatic rings. The van der Waals surface area contributed by atoms with E-state index in [-0.39, 0.29) is 11.8 Å². The second kappa shape index (κ2) is 9.01. The van der Waals surface area contributed by atoms with E-state index >= 15 is 0 Å². The van der Waals surface area contributed by atoms with Gasteiger partial charge in [-0.2, -0.15) is 0 Å². The molecule has 0 spiro atoms. The van der Waals surface area contributed by atoms with E-state index in [4.69, 9.17) is 0 Å². The number of pyridine rings is 1. The molecular weight excluding hydrogens is 364 g/mol. The Morgan fingerprint density at radius 2 is 1.52 bits per heavy atom. The first-order valence-electron chi connectivity index (χ1n) is 9.43. The van der Waals surface area contributed by atoms with Crippen molar-refractivity contribution < 1.29 is 9.59 Å². The lowest BCUT2D eigenvalue weighted by Crippen LogP contribution is -2.13. The van der Waals surface area contributed by atoms with Gasteiger partial charge in [-0.3, -0.25) is 14.6 Å². The van der Waals surface area contributed by atoms with Crippen LogP contribution in [0.5, 0.6) is 0 Å². The second-order valence-electron chi connectivity index (χ2n) is 7.05. The molecule has 6 nitrogen and oxygen atoms in total. The summed E-state index contributed by atoms with van der Waals surface area (Å²) in [5, 5.41) is 8.84. The van der Waals surface area contributed by atoms with Crippen LogP contribution < -0.4 is 16.0 Å². The Bertz CT molecular complexity index is 1010. The predicted molar refractivity (Wildman–Crippen MR) is 117 cm³/mol. The van der Waals surface area contributed by atoms with Crippen LogP contribution in [-0.2, 0) is 4.79 Å². The van der Waals surface area contributed by atoms with Crippen LogP contribution in [0, 0.1) is 0 Å². The van der Waals surface area contributed by atoms with Gasteiger partial charge in [0.1, 0.15) is 5.69 Å². The third-order valence-electron chi connectivity index (χ3n) is 4.30. The molecule has 1 aromatic heterocycles. The number of anilines is 4. The Morgan fingerprint density at radius 3 is 2.21 bits per heavy atom. The van der Waals surface area contributed by atoms with Gasteiger partial charge in [-0.1, -0.05) is 32.0 Å². The van der Waals surface area contributed by atoms with E-state index in [0.717, 1.165) is 17.1 Å². The van der Waals surface area contributed by atoms with Crippen LogP contribution in [0.1, 0.15) is 42.7 Å². The van der Waals surface area contributed by atoms with Gasteiger partial charge < -0.3 is 16.0 Å². The molecular formula is C23H24N4O2. The third kappa shape index (κ3) is 5.65. The van der Waals surface area contributed by atoms with Gasteiger partial charge in [0.05, 0.1) is 0 Å². The zero-order valence-electron chi connectivity index (χ0n) is 16.7. The van der Waals surface area contributed by atoms with Crippen LogP contribution >= 0.6 is 0 Å². The lowest BCUT2D eigenvalue weighted by atomic mass is 10.0. The van der Waals surface area contributed by atoms with Gasteiger partial charge >= 0.3 is 0 Å². The molecule has 148 valence electrons. The van der Waals surface area contributed by atoms with Crippen LogP contribution in [-0.4, -0.2) is 16.8 Å². The number of benzene rings is 2. The van der Waals surface area contributed by atoms with Crippen molar-refractivity contribution in [2.24, 2.45) is 0 Å². The number of nitrogens with one attached hydrogen (secondary N) is 3. The highest BCUT2D eigenvalue weighted by Gasteiger charge is 2.09. The fourth-order valence-electron chi connectivity index (χ4n) is 2.82. The smallest absolute Gasteiger partial charge is 0.274 e. The normalized spacial score (nSPS) is 10.5. The minimum absolute atomic E-state index is 0.133. The molecule has 0 aliphatic rings. The summed E-state index contributed by atoms with van der Waals surface area (Å²) in [5.41, 5.74) is 4.45. The molecule has 3 rings (SSSR count). The van der Waals surface area contributed by atoms with Crippen molar-refractivity contribution in [2.45, 2.75) is 26.7 Å². The molecule has 29 heavy (non-hydrogen) atoms. The molecule has 1 heterocycles. The summed E-state index contributed by atoms with van der Waals surface area (Å²) in [4.78, 5) is 28.0. The molecule has 6 heteroatoms. The first kappa shape index (κ1) is 20.1. The second-order valence-corrected chi connectivity index (χ2v) is 7.05. The van der Waals surface area contributed by atoms with Gasteiger partial charge in [0, 0.05) is 35.9 Å². The van der Waals surface area contributed by atoms with Crippen molar-refractivity contribution in [3.8, 4) is 0 Å². The zero-order valence-corrected chi connectivity index (χ0v) is 16.7. The maximum Gasteiger partial charge on any atom is 0.274 e. The van der Waals surface area contributed by atoms with Gasteiger partial charge in [-0.15, -0.1) is 0 Å². The lowest BCUT2D eigenvalue weighted by molar-refractivity contribution is -0.114. The van der Waals surface area contributed by atoms with E-state index in [1.165, 1.54) is 12.5 Å². The minimum Gasteiger partial charge on any atom is -0.355 e. The Kier molecular flexibility index (Phi) is 6.24. The van der Waals surface area contributed by atoms with Crippen molar-refractivity contribution in [1.29, 1.82) is 0 Å². The average Bonchev–Trinajstić information content (AvgIpc) is 2.68. The van der Waals surface area contributed by atoms with Crippen LogP contribution in [0.25, 0.3) is 0 Å². The fourth-order valence-corrected chi connectivity index (χ4v) is 2.82. The molecule has 2 amide bonds. The highest BCUT2D eigenvalue weighted by molar-refractivity contribution is 6.03. The Labute approximate surface area is 170 Å². The Hall–Kier alpha value is -3.67. The van der Waals surface area contributed by atoms with E-state index in [1.54, 1.807) is 18.3 Å². The number of aromatic nitrogens is 1. The number of carbonyl (C=O) groups is 2. The van der Waals surface area contributed by atoms with Gasteiger partial charge in [0.15, 0.2) is 0 Å². The van der Waals surface area contributed by atoms with E-state index in [2.05, 4.69) is 34.8 Å². The maximum atomic E-state index is 12.6. The zero-order chi connectivity index (χ0) is 20.8. The summed E-state index contributed by atoms with van der Waals surface area (Å²) in [5.74, 6) is 0.0257. The quantitative estimate of drug-likeness (QED) is 0.545. The fraction of sp³-hybridized carbons (Fsp3) is 0.174. The van der Waals surface area contributed by atoms with Gasteiger partial charge in [-0.05, 0) is 53.9 Å². The van der Waals surface area contributed by atoms with Crippen LogP contribution in [0.2, 0.25) is 0 Å². The largest absolute Gasteiger partial charge is 0.355 e. The van der Waals surface area contributed by atoms with E-state index < -0.39 is 0 Å². The molecule has 0 aliphatic heterocycles. The third-order valence-corrected chi connectivity index (χ3v) is 4.30. The molecule has 0 saturated carbocycles. The molecule has 0 bridgehead atoms. The molecule has 2 aromatic carbocycles. The molecule has 0 atom stereocenters. The molecule has 0 radical (unpaired) electrons. The van der Waals surface area contributed by atoms with E-state index in [1.807, 2.05) is 48.5 Å². The summed E-state index contributed by atoms with van der Waals surface area (Å²) in [6.07, 6.45) is 1.58. The van der Waals surface area contributed by atoms with E-state index in [9.17, 15) is 9.59 Å². The van der Waals surface area contributed by atoms with Crippen molar-refractivity contribution in [3.63, 3.8) is 0 Å².